The van der Waals surface area contributed by atoms with Gasteiger partial charge in [-0.15, -0.1) is 0 Å². The van der Waals surface area contributed by atoms with Gasteiger partial charge in [-0.3, -0.25) is 14.5 Å². The Kier molecular flexibility index (Phi) is 5.34. The van der Waals surface area contributed by atoms with E-state index in [0.717, 1.165) is 32.4 Å². The van der Waals surface area contributed by atoms with Crippen molar-refractivity contribution < 1.29 is 14.7 Å². The first-order chi connectivity index (χ1) is 9.19. The lowest BCUT2D eigenvalue weighted by atomic mass is 9.95. The molecule has 2 rings (SSSR count). The van der Waals surface area contributed by atoms with Crippen LogP contribution in [0.1, 0.15) is 32.1 Å². The maximum Gasteiger partial charge on any atom is 0.236 e. The van der Waals surface area contributed by atoms with E-state index < -0.39 is 0 Å². The molecule has 0 saturated carbocycles. The summed E-state index contributed by atoms with van der Waals surface area (Å²) in [4.78, 5) is 27.3. The molecule has 0 aromatic rings. The zero-order valence-electron chi connectivity index (χ0n) is 11.5. The predicted molar refractivity (Wildman–Crippen MR) is 71.7 cm³/mol. The number of Topliss-reactive ketones (excluding diaryl/α,β-unsaturated/α-hetero) is 1. The van der Waals surface area contributed by atoms with E-state index in [4.69, 9.17) is 5.11 Å². The van der Waals surface area contributed by atoms with Crippen molar-refractivity contribution in [2.75, 3.05) is 39.3 Å². The second-order valence-electron chi connectivity index (χ2n) is 5.68. The third kappa shape index (κ3) is 4.28. The summed E-state index contributed by atoms with van der Waals surface area (Å²) >= 11 is 0. The van der Waals surface area contributed by atoms with Crippen LogP contribution in [0.5, 0.6) is 0 Å². The Bertz CT molecular complexity index is 321. The largest absolute Gasteiger partial charge is 0.396 e. The van der Waals surface area contributed by atoms with Gasteiger partial charge in [-0.1, -0.05) is 0 Å². The molecule has 5 heteroatoms. The SMILES string of the molecule is O=C1CCN(C(=O)CN2CCCC(CCO)C2)CC1. The predicted octanol–water partition coefficient (Wildman–Crippen LogP) is 0.272. The lowest BCUT2D eigenvalue weighted by Crippen LogP contribution is -2.46. The van der Waals surface area contributed by atoms with Gasteiger partial charge < -0.3 is 10.0 Å². The molecule has 0 aliphatic carbocycles. The van der Waals surface area contributed by atoms with E-state index >= 15 is 0 Å². The standard InChI is InChI=1S/C14H24N2O3/c17-9-5-12-2-1-6-15(10-12)11-14(19)16-7-3-13(18)4-8-16/h12,17H,1-11H2. The summed E-state index contributed by atoms with van der Waals surface area (Å²) in [7, 11) is 0. The quantitative estimate of drug-likeness (QED) is 0.795. The number of ketones is 1. The van der Waals surface area contributed by atoms with Gasteiger partial charge in [0.05, 0.1) is 6.54 Å². The topological polar surface area (TPSA) is 60.9 Å². The van der Waals surface area contributed by atoms with Crippen molar-refractivity contribution in [1.29, 1.82) is 0 Å². The van der Waals surface area contributed by atoms with Crippen LogP contribution in [-0.4, -0.2) is 65.9 Å². The van der Waals surface area contributed by atoms with Crippen LogP contribution in [0.15, 0.2) is 0 Å². The number of carbonyl (C=O) groups excluding carboxylic acids is 2. The summed E-state index contributed by atoms with van der Waals surface area (Å²) in [6.07, 6.45) is 4.13. The molecule has 0 radical (unpaired) electrons. The van der Waals surface area contributed by atoms with Crippen molar-refractivity contribution in [1.82, 2.24) is 9.80 Å². The molecular weight excluding hydrogens is 244 g/mol. The Morgan fingerprint density at radius 3 is 2.68 bits per heavy atom. The number of hydrogen-bond acceptors (Lipinski definition) is 4. The molecule has 0 bridgehead atoms. The minimum absolute atomic E-state index is 0.150. The normalized spacial score (nSPS) is 25.6. The molecule has 0 aromatic carbocycles. The molecule has 2 fully saturated rings. The number of amides is 1. The first-order valence-electron chi connectivity index (χ1n) is 7.31. The minimum Gasteiger partial charge on any atom is -0.396 e. The van der Waals surface area contributed by atoms with Crippen LogP contribution in [0.3, 0.4) is 0 Å². The Hall–Kier alpha value is -0.940. The van der Waals surface area contributed by atoms with E-state index in [-0.39, 0.29) is 18.3 Å². The first kappa shape index (κ1) is 14.5. The number of rotatable bonds is 4. The average Bonchev–Trinajstić information content (AvgIpc) is 2.40. The molecule has 108 valence electrons. The highest BCUT2D eigenvalue weighted by molar-refractivity contribution is 5.84. The Balaban J connectivity index is 1.76. The van der Waals surface area contributed by atoms with Crippen LogP contribution in [0.2, 0.25) is 0 Å². The second-order valence-corrected chi connectivity index (χ2v) is 5.68. The molecule has 0 spiro atoms. The van der Waals surface area contributed by atoms with Crippen molar-refractivity contribution in [3.63, 3.8) is 0 Å². The minimum atomic E-state index is 0.150. The molecule has 2 aliphatic rings. The van der Waals surface area contributed by atoms with Crippen molar-refractivity contribution in [3.05, 3.63) is 0 Å². The third-order valence-corrected chi connectivity index (χ3v) is 4.17. The fourth-order valence-corrected chi connectivity index (χ4v) is 3.01. The van der Waals surface area contributed by atoms with Crippen LogP contribution in [-0.2, 0) is 9.59 Å². The van der Waals surface area contributed by atoms with Crippen LogP contribution in [0.4, 0.5) is 0 Å². The lowest BCUT2D eigenvalue weighted by molar-refractivity contribution is -0.135. The van der Waals surface area contributed by atoms with Gasteiger partial charge in [0, 0.05) is 39.1 Å². The summed E-state index contributed by atoms with van der Waals surface area (Å²) in [6, 6.07) is 0. The highest BCUT2D eigenvalue weighted by Crippen LogP contribution is 2.19. The Labute approximate surface area is 114 Å². The van der Waals surface area contributed by atoms with Gasteiger partial charge in [0.1, 0.15) is 5.78 Å². The highest BCUT2D eigenvalue weighted by Gasteiger charge is 2.25. The Morgan fingerprint density at radius 1 is 1.26 bits per heavy atom. The molecular formula is C14H24N2O3. The van der Waals surface area contributed by atoms with Gasteiger partial charge >= 0.3 is 0 Å². The summed E-state index contributed by atoms with van der Waals surface area (Å²) in [5.74, 6) is 0.941. The average molecular weight is 268 g/mol. The monoisotopic (exact) mass is 268 g/mol. The molecule has 0 aromatic heterocycles. The number of hydrogen-bond donors (Lipinski definition) is 1. The number of carbonyl (C=O) groups is 2. The van der Waals surface area contributed by atoms with Crippen molar-refractivity contribution in [3.8, 4) is 0 Å². The summed E-state index contributed by atoms with van der Waals surface area (Å²) < 4.78 is 0. The van der Waals surface area contributed by atoms with Gasteiger partial charge in [0.2, 0.25) is 5.91 Å². The van der Waals surface area contributed by atoms with Crippen LogP contribution in [0.25, 0.3) is 0 Å². The molecule has 2 aliphatic heterocycles. The molecule has 1 atom stereocenters. The third-order valence-electron chi connectivity index (χ3n) is 4.17. The Morgan fingerprint density at radius 2 is 2.00 bits per heavy atom. The van der Waals surface area contributed by atoms with E-state index in [1.807, 2.05) is 4.90 Å². The maximum atomic E-state index is 12.2. The van der Waals surface area contributed by atoms with Crippen LogP contribution in [0, 0.1) is 5.92 Å². The highest BCUT2D eigenvalue weighted by atomic mass is 16.3. The van der Waals surface area contributed by atoms with Gasteiger partial charge in [0.15, 0.2) is 0 Å². The van der Waals surface area contributed by atoms with Crippen molar-refractivity contribution >= 4 is 11.7 Å². The van der Waals surface area contributed by atoms with Crippen LogP contribution >= 0.6 is 0 Å². The second kappa shape index (κ2) is 7.01. The fraction of sp³-hybridized carbons (Fsp3) is 0.857. The number of aliphatic hydroxyl groups is 1. The zero-order valence-corrected chi connectivity index (χ0v) is 11.5. The van der Waals surface area contributed by atoms with E-state index in [1.54, 1.807) is 0 Å². The maximum absolute atomic E-state index is 12.2. The molecule has 1 N–H and O–H groups in total. The van der Waals surface area contributed by atoms with E-state index in [0.29, 0.717) is 38.4 Å². The molecule has 2 heterocycles. The van der Waals surface area contributed by atoms with Gasteiger partial charge in [-0.25, -0.2) is 0 Å². The molecule has 19 heavy (non-hydrogen) atoms. The van der Waals surface area contributed by atoms with Crippen LogP contribution < -0.4 is 0 Å². The van der Waals surface area contributed by atoms with Gasteiger partial charge in [0.25, 0.3) is 0 Å². The first-order valence-corrected chi connectivity index (χ1v) is 7.31. The summed E-state index contributed by atoms with van der Waals surface area (Å²) in [6.45, 7) is 3.77. The van der Waals surface area contributed by atoms with Crippen molar-refractivity contribution in [2.24, 2.45) is 5.92 Å². The molecule has 1 unspecified atom stereocenters. The summed E-state index contributed by atoms with van der Waals surface area (Å²) in [5, 5.41) is 8.99. The molecule has 5 nitrogen and oxygen atoms in total. The van der Waals surface area contributed by atoms with Crippen molar-refractivity contribution in [2.45, 2.75) is 32.1 Å². The van der Waals surface area contributed by atoms with E-state index in [1.165, 1.54) is 0 Å². The zero-order chi connectivity index (χ0) is 13.7. The number of nitrogens with zero attached hydrogens (tertiary/aromatic N) is 2. The molecule has 1 amide bonds. The number of likely N-dealkylation sites (tertiary alicyclic amines) is 2. The van der Waals surface area contributed by atoms with E-state index in [2.05, 4.69) is 4.90 Å². The van der Waals surface area contributed by atoms with Gasteiger partial charge in [-0.2, -0.15) is 0 Å². The smallest absolute Gasteiger partial charge is 0.236 e. The number of piperidine rings is 2. The molecule has 2 saturated heterocycles. The summed E-state index contributed by atoms with van der Waals surface area (Å²) in [5.41, 5.74) is 0. The van der Waals surface area contributed by atoms with Gasteiger partial charge in [-0.05, 0) is 31.7 Å². The lowest BCUT2D eigenvalue weighted by Gasteiger charge is -2.34. The number of aliphatic hydroxyl groups excluding tert-OH is 1. The van der Waals surface area contributed by atoms with E-state index in [9.17, 15) is 9.59 Å². The fourth-order valence-electron chi connectivity index (χ4n) is 3.01.